The molecule has 1 aliphatic heterocycles. The van der Waals surface area contributed by atoms with E-state index >= 15 is 0 Å². The molecule has 1 nitrogen and oxygen atoms in total. The van der Waals surface area contributed by atoms with E-state index in [1.807, 2.05) is 0 Å². The standard InChI is InChI=1S/C24H30N/c1-3-10-18-14-15-22-19(11-4-2)20-12-6-7-13-21(20)23(22)24(18)25-16-8-5-9-17-25/h6-7,12-13,15,19H,3-5,8-11,16-17H2,1-2H3. The zero-order valence-corrected chi connectivity index (χ0v) is 15.8. The van der Waals surface area contributed by atoms with Gasteiger partial charge in [0.15, 0.2) is 0 Å². The van der Waals surface area contributed by atoms with Crippen molar-refractivity contribution in [1.29, 1.82) is 0 Å². The minimum absolute atomic E-state index is 0.562. The van der Waals surface area contributed by atoms with Gasteiger partial charge in [0.1, 0.15) is 0 Å². The largest absolute Gasteiger partial charge is 0.371 e. The predicted octanol–water partition coefficient (Wildman–Crippen LogP) is 6.34. The second kappa shape index (κ2) is 7.23. The molecular formula is C24H30N. The smallest absolute Gasteiger partial charge is 0.0487 e. The van der Waals surface area contributed by atoms with Crippen molar-refractivity contribution in [2.75, 3.05) is 18.0 Å². The molecule has 0 spiro atoms. The molecular weight excluding hydrogens is 302 g/mol. The summed E-state index contributed by atoms with van der Waals surface area (Å²) < 4.78 is 0. The zero-order chi connectivity index (χ0) is 17.2. The molecule has 1 heteroatoms. The van der Waals surface area contributed by atoms with Gasteiger partial charge >= 0.3 is 0 Å². The Morgan fingerprint density at radius 3 is 2.56 bits per heavy atom. The molecule has 1 radical (unpaired) electrons. The van der Waals surface area contributed by atoms with Gasteiger partial charge in [-0.25, -0.2) is 0 Å². The molecule has 1 unspecified atom stereocenters. The van der Waals surface area contributed by atoms with Gasteiger partial charge in [0.25, 0.3) is 0 Å². The van der Waals surface area contributed by atoms with Crippen molar-refractivity contribution in [2.45, 2.75) is 64.7 Å². The van der Waals surface area contributed by atoms with Gasteiger partial charge in [-0.05, 0) is 66.5 Å². The van der Waals surface area contributed by atoms with Gasteiger partial charge in [-0.1, -0.05) is 51.0 Å². The van der Waals surface area contributed by atoms with Crippen LogP contribution in [0.25, 0.3) is 11.1 Å². The second-order valence-electron chi connectivity index (χ2n) is 7.67. The van der Waals surface area contributed by atoms with E-state index in [-0.39, 0.29) is 0 Å². The van der Waals surface area contributed by atoms with Crippen LogP contribution in [-0.4, -0.2) is 13.1 Å². The number of piperidine rings is 1. The van der Waals surface area contributed by atoms with E-state index in [4.69, 9.17) is 0 Å². The van der Waals surface area contributed by atoms with E-state index in [0.29, 0.717) is 5.92 Å². The van der Waals surface area contributed by atoms with Crippen LogP contribution in [0.4, 0.5) is 5.69 Å². The summed E-state index contributed by atoms with van der Waals surface area (Å²) in [5, 5.41) is 0. The van der Waals surface area contributed by atoms with E-state index in [9.17, 15) is 0 Å². The summed E-state index contributed by atoms with van der Waals surface area (Å²) in [6.07, 6.45) is 8.84. The number of benzene rings is 2. The lowest BCUT2D eigenvalue weighted by molar-refractivity contribution is 0.576. The molecule has 0 saturated carbocycles. The molecule has 2 aliphatic rings. The highest BCUT2D eigenvalue weighted by atomic mass is 15.1. The van der Waals surface area contributed by atoms with Gasteiger partial charge in [0, 0.05) is 30.3 Å². The Morgan fingerprint density at radius 2 is 1.80 bits per heavy atom. The van der Waals surface area contributed by atoms with Crippen LogP contribution in [0.15, 0.2) is 30.3 Å². The summed E-state index contributed by atoms with van der Waals surface area (Å²) in [5.74, 6) is 0.562. The molecule has 4 rings (SSSR count). The molecule has 0 bridgehead atoms. The third kappa shape index (κ3) is 2.88. The van der Waals surface area contributed by atoms with Crippen LogP contribution in [0.2, 0.25) is 0 Å². The molecule has 0 N–H and O–H groups in total. The number of aryl methyl sites for hydroxylation is 1. The van der Waals surface area contributed by atoms with Crippen LogP contribution in [-0.2, 0) is 6.42 Å². The number of anilines is 1. The van der Waals surface area contributed by atoms with Crippen LogP contribution < -0.4 is 4.90 Å². The first-order chi connectivity index (χ1) is 12.3. The van der Waals surface area contributed by atoms with Crippen LogP contribution in [0.3, 0.4) is 0 Å². The SMILES string of the molecule is CCCc1[c]cc2c(c1N1CCCCC1)-c1ccccc1C2CCC. The lowest BCUT2D eigenvalue weighted by atomic mass is 9.90. The normalized spacial score (nSPS) is 19.0. The van der Waals surface area contributed by atoms with Crippen molar-refractivity contribution in [3.63, 3.8) is 0 Å². The van der Waals surface area contributed by atoms with Gasteiger partial charge < -0.3 is 4.90 Å². The van der Waals surface area contributed by atoms with Crippen molar-refractivity contribution in [3.05, 3.63) is 53.1 Å². The lowest BCUT2D eigenvalue weighted by Crippen LogP contribution is -2.31. The maximum Gasteiger partial charge on any atom is 0.0487 e. The zero-order valence-electron chi connectivity index (χ0n) is 15.8. The maximum atomic E-state index is 3.72. The van der Waals surface area contributed by atoms with Crippen LogP contribution in [0.5, 0.6) is 0 Å². The van der Waals surface area contributed by atoms with Gasteiger partial charge in [-0.3, -0.25) is 0 Å². The van der Waals surface area contributed by atoms with Crippen molar-refractivity contribution >= 4 is 5.69 Å². The van der Waals surface area contributed by atoms with Gasteiger partial charge in [0.05, 0.1) is 0 Å². The van der Waals surface area contributed by atoms with E-state index in [0.717, 1.165) is 6.42 Å². The Labute approximate surface area is 153 Å². The fourth-order valence-electron chi connectivity index (χ4n) is 4.85. The first kappa shape index (κ1) is 16.7. The van der Waals surface area contributed by atoms with E-state index < -0.39 is 0 Å². The van der Waals surface area contributed by atoms with Crippen LogP contribution in [0.1, 0.15) is 75.0 Å². The minimum Gasteiger partial charge on any atom is -0.371 e. The minimum atomic E-state index is 0.562. The molecule has 1 fully saturated rings. The number of rotatable bonds is 5. The highest BCUT2D eigenvalue weighted by Crippen LogP contribution is 2.52. The Balaban J connectivity index is 1.91. The second-order valence-corrected chi connectivity index (χ2v) is 7.67. The molecule has 0 aromatic heterocycles. The fourth-order valence-corrected chi connectivity index (χ4v) is 4.85. The number of hydrogen-bond acceptors (Lipinski definition) is 1. The molecule has 2 aromatic rings. The Bertz CT molecular complexity index is 740. The third-order valence-electron chi connectivity index (χ3n) is 5.94. The highest BCUT2D eigenvalue weighted by Gasteiger charge is 2.32. The van der Waals surface area contributed by atoms with Gasteiger partial charge in [-0.2, -0.15) is 0 Å². The first-order valence-corrected chi connectivity index (χ1v) is 10.3. The average molecular weight is 333 g/mol. The Morgan fingerprint density at radius 1 is 1.00 bits per heavy atom. The molecule has 131 valence electrons. The highest BCUT2D eigenvalue weighted by molar-refractivity contribution is 5.90. The number of hydrogen-bond donors (Lipinski definition) is 0. The molecule has 0 amide bonds. The summed E-state index contributed by atoms with van der Waals surface area (Å²) in [7, 11) is 0. The number of fused-ring (bicyclic) bond motifs is 3. The molecule has 25 heavy (non-hydrogen) atoms. The molecule has 1 heterocycles. The quantitative estimate of drug-likeness (QED) is 0.617. The molecule has 1 saturated heterocycles. The first-order valence-electron chi connectivity index (χ1n) is 10.3. The number of nitrogens with zero attached hydrogens (tertiary/aromatic N) is 1. The summed E-state index contributed by atoms with van der Waals surface area (Å²) in [6, 6.07) is 15.2. The van der Waals surface area contributed by atoms with E-state index in [1.165, 1.54) is 79.6 Å². The maximum absolute atomic E-state index is 3.72. The van der Waals surface area contributed by atoms with E-state index in [2.05, 4.69) is 55.1 Å². The van der Waals surface area contributed by atoms with Crippen LogP contribution >= 0.6 is 0 Å². The average Bonchev–Trinajstić information content (AvgIpc) is 2.97. The van der Waals surface area contributed by atoms with Gasteiger partial charge in [-0.15, -0.1) is 0 Å². The predicted molar refractivity (Wildman–Crippen MR) is 108 cm³/mol. The van der Waals surface area contributed by atoms with Crippen molar-refractivity contribution in [2.24, 2.45) is 0 Å². The Hall–Kier alpha value is -1.76. The summed E-state index contributed by atoms with van der Waals surface area (Å²) in [6.45, 7) is 7.01. The summed E-state index contributed by atoms with van der Waals surface area (Å²) in [4.78, 5) is 2.68. The summed E-state index contributed by atoms with van der Waals surface area (Å²) in [5.41, 5.74) is 9.06. The van der Waals surface area contributed by atoms with Crippen molar-refractivity contribution < 1.29 is 0 Å². The molecule has 2 aromatic carbocycles. The summed E-state index contributed by atoms with van der Waals surface area (Å²) >= 11 is 0. The molecule has 1 atom stereocenters. The fraction of sp³-hybridized carbons (Fsp3) is 0.500. The third-order valence-corrected chi connectivity index (χ3v) is 5.94. The van der Waals surface area contributed by atoms with Gasteiger partial charge in [0.2, 0.25) is 0 Å². The van der Waals surface area contributed by atoms with E-state index in [1.54, 1.807) is 5.56 Å². The van der Waals surface area contributed by atoms with Crippen molar-refractivity contribution in [1.82, 2.24) is 0 Å². The van der Waals surface area contributed by atoms with Crippen molar-refractivity contribution in [3.8, 4) is 11.1 Å². The lowest BCUT2D eigenvalue weighted by Gasteiger charge is -2.33. The Kier molecular flexibility index (Phi) is 4.83. The molecule has 1 aliphatic carbocycles. The monoisotopic (exact) mass is 332 g/mol. The van der Waals surface area contributed by atoms with Crippen LogP contribution in [0, 0.1) is 6.07 Å². The topological polar surface area (TPSA) is 3.24 Å².